The van der Waals surface area contributed by atoms with Crippen molar-refractivity contribution in [2.45, 2.75) is 12.6 Å². The van der Waals surface area contributed by atoms with Crippen LogP contribution in [0.3, 0.4) is 0 Å². The number of nitrogens with zero attached hydrogens (tertiary/aromatic N) is 1. The number of ketones is 1. The lowest BCUT2D eigenvalue weighted by atomic mass is 9.95. The molecule has 2 heterocycles. The molecule has 0 aliphatic carbocycles. The molecule has 170 valence electrons. The molecular formula is C24H19Cl2NO6. The van der Waals surface area contributed by atoms with E-state index < -0.39 is 23.5 Å². The van der Waals surface area contributed by atoms with Gasteiger partial charge in [-0.3, -0.25) is 9.59 Å². The number of carbonyl (C=O) groups excluding carboxylic acids is 2. The monoisotopic (exact) mass is 487 g/mol. The Balaban J connectivity index is 1.91. The van der Waals surface area contributed by atoms with Gasteiger partial charge in [-0.25, -0.2) is 0 Å². The molecule has 0 spiro atoms. The van der Waals surface area contributed by atoms with E-state index >= 15 is 0 Å². The number of methoxy groups -OCH3 is 2. The molecule has 1 amide bonds. The van der Waals surface area contributed by atoms with Crippen LogP contribution in [0.4, 0.5) is 0 Å². The van der Waals surface area contributed by atoms with Crippen LogP contribution in [0.25, 0.3) is 5.76 Å². The van der Waals surface area contributed by atoms with Crippen molar-refractivity contribution < 1.29 is 28.6 Å². The maximum atomic E-state index is 13.2. The average molecular weight is 488 g/mol. The van der Waals surface area contributed by atoms with E-state index in [1.807, 2.05) is 0 Å². The van der Waals surface area contributed by atoms with Crippen molar-refractivity contribution in [1.29, 1.82) is 0 Å². The lowest BCUT2D eigenvalue weighted by Gasteiger charge is -2.24. The van der Waals surface area contributed by atoms with Crippen molar-refractivity contribution in [2.24, 2.45) is 0 Å². The standard InChI is InChI=1S/C24H19Cl2NO6/c1-31-18-11-19(32-2)17(26)10-16(18)22(28)20-21(13-5-7-14(25)8-6-13)27(24(30)23(20)29)12-15-4-3-9-33-15/h3-11,21,28H,12H2,1-2H3/b22-20+. The number of carbonyl (C=O) groups is 2. The molecule has 1 aliphatic rings. The van der Waals surface area contributed by atoms with Crippen LogP contribution in [0, 0.1) is 0 Å². The predicted molar refractivity (Wildman–Crippen MR) is 123 cm³/mol. The van der Waals surface area contributed by atoms with Gasteiger partial charge in [0.05, 0.1) is 49.2 Å². The summed E-state index contributed by atoms with van der Waals surface area (Å²) in [6.07, 6.45) is 1.48. The van der Waals surface area contributed by atoms with Gasteiger partial charge in [-0.15, -0.1) is 0 Å². The number of aliphatic hydroxyl groups is 1. The topological polar surface area (TPSA) is 89.2 Å². The molecule has 0 radical (unpaired) electrons. The molecule has 1 atom stereocenters. The Kier molecular flexibility index (Phi) is 6.35. The molecule has 1 N–H and O–H groups in total. The summed E-state index contributed by atoms with van der Waals surface area (Å²) in [6.45, 7) is 0.0299. The Morgan fingerprint density at radius 3 is 2.36 bits per heavy atom. The molecule has 9 heteroatoms. The van der Waals surface area contributed by atoms with Crippen LogP contribution in [-0.4, -0.2) is 35.9 Å². The molecule has 4 rings (SSSR count). The zero-order chi connectivity index (χ0) is 23.7. The molecule has 1 unspecified atom stereocenters. The van der Waals surface area contributed by atoms with Crippen LogP contribution >= 0.6 is 23.2 Å². The normalized spacial score (nSPS) is 17.5. The highest BCUT2D eigenvalue weighted by Crippen LogP contribution is 2.43. The smallest absolute Gasteiger partial charge is 0.296 e. The number of aliphatic hydroxyl groups excluding tert-OH is 1. The third-order valence-electron chi connectivity index (χ3n) is 5.36. The van der Waals surface area contributed by atoms with Crippen molar-refractivity contribution in [1.82, 2.24) is 4.90 Å². The maximum Gasteiger partial charge on any atom is 0.296 e. The largest absolute Gasteiger partial charge is 0.507 e. The van der Waals surface area contributed by atoms with Gasteiger partial charge in [0.15, 0.2) is 0 Å². The third-order valence-corrected chi connectivity index (χ3v) is 5.91. The Morgan fingerprint density at radius 2 is 1.76 bits per heavy atom. The summed E-state index contributed by atoms with van der Waals surface area (Å²) in [6, 6.07) is 12.1. The molecule has 1 fully saturated rings. The number of amides is 1. The van der Waals surface area contributed by atoms with Crippen LogP contribution in [0.2, 0.25) is 10.0 Å². The molecule has 33 heavy (non-hydrogen) atoms. The quantitative estimate of drug-likeness (QED) is 0.291. The molecule has 7 nitrogen and oxygen atoms in total. The first-order valence-electron chi connectivity index (χ1n) is 9.83. The average Bonchev–Trinajstić information content (AvgIpc) is 3.41. The second-order valence-corrected chi connectivity index (χ2v) is 8.09. The number of halogens is 2. The Labute approximate surface area is 199 Å². The number of furan rings is 1. The van der Waals surface area contributed by atoms with Crippen LogP contribution in [-0.2, 0) is 16.1 Å². The van der Waals surface area contributed by atoms with Gasteiger partial charge in [-0.05, 0) is 35.9 Å². The Bertz CT molecular complexity index is 1230. The molecular weight excluding hydrogens is 469 g/mol. The predicted octanol–water partition coefficient (Wildman–Crippen LogP) is 5.23. The summed E-state index contributed by atoms with van der Waals surface area (Å²) in [7, 11) is 2.85. The summed E-state index contributed by atoms with van der Waals surface area (Å²) in [5.41, 5.74) is 0.636. The van der Waals surface area contributed by atoms with Crippen LogP contribution in [0.1, 0.15) is 22.9 Å². The zero-order valence-electron chi connectivity index (χ0n) is 17.7. The molecule has 2 aromatic carbocycles. The highest BCUT2D eigenvalue weighted by atomic mass is 35.5. The van der Waals surface area contributed by atoms with Crippen LogP contribution in [0.15, 0.2) is 64.8 Å². The number of Topliss-reactive ketones (excluding diaryl/α,β-unsaturated/α-hetero) is 1. The first kappa shape index (κ1) is 22.8. The SMILES string of the molecule is COc1cc(OC)c(/C(O)=C2\C(=O)C(=O)N(Cc3ccco3)C2c2ccc(Cl)cc2)cc1Cl. The van der Waals surface area contributed by atoms with E-state index in [0.29, 0.717) is 22.1 Å². The second kappa shape index (κ2) is 9.21. The number of hydrogen-bond acceptors (Lipinski definition) is 6. The number of ether oxygens (including phenoxy) is 2. The number of likely N-dealkylation sites (tertiary alicyclic amines) is 1. The molecule has 1 aliphatic heterocycles. The fraction of sp³-hybridized carbons (Fsp3) is 0.167. The maximum absolute atomic E-state index is 13.2. The highest BCUT2D eigenvalue weighted by Gasteiger charge is 2.46. The van der Waals surface area contributed by atoms with E-state index in [2.05, 4.69) is 0 Å². The molecule has 1 aromatic heterocycles. The van der Waals surface area contributed by atoms with E-state index in [0.717, 1.165) is 0 Å². The summed E-state index contributed by atoms with van der Waals surface area (Å²) in [5.74, 6) is -0.990. The Morgan fingerprint density at radius 1 is 1.06 bits per heavy atom. The van der Waals surface area contributed by atoms with E-state index in [9.17, 15) is 14.7 Å². The molecule has 0 saturated carbocycles. The molecule has 0 bridgehead atoms. The van der Waals surface area contributed by atoms with Gasteiger partial charge in [-0.2, -0.15) is 0 Å². The number of rotatable bonds is 6. The minimum absolute atomic E-state index is 0.0299. The molecule has 1 saturated heterocycles. The van der Waals surface area contributed by atoms with Gasteiger partial charge >= 0.3 is 0 Å². The Hall–Kier alpha value is -3.42. The summed E-state index contributed by atoms with van der Waals surface area (Å²) < 4.78 is 16.0. The van der Waals surface area contributed by atoms with Gasteiger partial charge in [0, 0.05) is 11.1 Å². The van der Waals surface area contributed by atoms with Crippen molar-refractivity contribution in [3.05, 3.63) is 87.3 Å². The van der Waals surface area contributed by atoms with Gasteiger partial charge in [0.25, 0.3) is 11.7 Å². The van der Waals surface area contributed by atoms with Gasteiger partial charge < -0.3 is 23.9 Å². The van der Waals surface area contributed by atoms with E-state index in [1.165, 1.54) is 37.5 Å². The van der Waals surface area contributed by atoms with Crippen molar-refractivity contribution >= 4 is 40.7 Å². The van der Waals surface area contributed by atoms with Crippen molar-refractivity contribution in [3.8, 4) is 11.5 Å². The number of benzene rings is 2. The lowest BCUT2D eigenvalue weighted by Crippen LogP contribution is -2.29. The van der Waals surface area contributed by atoms with E-state index in [-0.39, 0.29) is 28.5 Å². The first-order valence-corrected chi connectivity index (χ1v) is 10.6. The summed E-state index contributed by atoms with van der Waals surface area (Å²) in [5, 5.41) is 12.0. The van der Waals surface area contributed by atoms with Gasteiger partial charge in [-0.1, -0.05) is 35.3 Å². The van der Waals surface area contributed by atoms with Crippen LogP contribution < -0.4 is 9.47 Å². The minimum Gasteiger partial charge on any atom is -0.507 e. The van der Waals surface area contributed by atoms with Gasteiger partial charge in [0.2, 0.25) is 0 Å². The van der Waals surface area contributed by atoms with Crippen LogP contribution in [0.5, 0.6) is 11.5 Å². The zero-order valence-corrected chi connectivity index (χ0v) is 19.2. The highest BCUT2D eigenvalue weighted by molar-refractivity contribution is 6.46. The second-order valence-electron chi connectivity index (χ2n) is 7.24. The summed E-state index contributed by atoms with van der Waals surface area (Å²) >= 11 is 12.3. The minimum atomic E-state index is -0.891. The number of hydrogen-bond donors (Lipinski definition) is 1. The fourth-order valence-corrected chi connectivity index (χ4v) is 4.16. The van der Waals surface area contributed by atoms with E-state index in [1.54, 1.807) is 36.4 Å². The van der Waals surface area contributed by atoms with Gasteiger partial charge in [0.1, 0.15) is 23.0 Å². The van der Waals surface area contributed by atoms with Crippen molar-refractivity contribution in [3.63, 3.8) is 0 Å². The lowest BCUT2D eigenvalue weighted by molar-refractivity contribution is -0.140. The third kappa shape index (κ3) is 4.17. The fourth-order valence-electron chi connectivity index (χ4n) is 3.80. The van der Waals surface area contributed by atoms with E-state index in [4.69, 9.17) is 37.1 Å². The van der Waals surface area contributed by atoms with Crippen molar-refractivity contribution in [2.75, 3.05) is 14.2 Å². The first-order chi connectivity index (χ1) is 15.8. The molecule has 3 aromatic rings. The summed E-state index contributed by atoms with van der Waals surface area (Å²) in [4.78, 5) is 27.5.